The van der Waals surface area contributed by atoms with E-state index in [0.29, 0.717) is 0 Å². The maximum atomic E-state index is 3.28. The van der Waals surface area contributed by atoms with E-state index in [9.17, 15) is 0 Å². The third-order valence-electron chi connectivity index (χ3n) is 2.03. The number of aromatic nitrogens is 1. The van der Waals surface area contributed by atoms with Crippen LogP contribution in [-0.2, 0) is 0 Å². The molecule has 0 radical (unpaired) electrons. The Morgan fingerprint density at radius 2 is 1.77 bits per heavy atom. The summed E-state index contributed by atoms with van der Waals surface area (Å²) in [6.07, 6.45) is 2.07. The molecule has 66 valence electrons. The molecular formula is C11H12NP. The van der Waals surface area contributed by atoms with Crippen molar-refractivity contribution in [1.29, 1.82) is 0 Å². The zero-order valence-electron chi connectivity index (χ0n) is 7.83. The van der Waals surface area contributed by atoms with Crippen molar-refractivity contribution in [2.75, 3.05) is 0 Å². The number of aryl methyl sites for hydroxylation is 2. The lowest BCUT2D eigenvalue weighted by atomic mass is 10.2. The molecule has 0 fully saturated rings. The Morgan fingerprint density at radius 3 is 2.31 bits per heavy atom. The van der Waals surface area contributed by atoms with Crippen LogP contribution < -0.4 is 0 Å². The second-order valence-electron chi connectivity index (χ2n) is 3.26. The number of hydrogen-bond donors (Lipinski definition) is 1. The second-order valence-corrected chi connectivity index (χ2v) is 4.63. The molecule has 2 rings (SSSR count). The molecule has 0 spiro atoms. The lowest BCUT2D eigenvalue weighted by Gasteiger charge is -1.97. The maximum Gasteiger partial charge on any atom is 0.0732 e. The van der Waals surface area contributed by atoms with E-state index in [-0.39, 0.29) is 0 Å². The Morgan fingerprint density at radius 1 is 1.08 bits per heavy atom. The highest BCUT2D eigenvalue weighted by Crippen LogP contribution is 2.28. The Balaban J connectivity index is 2.41. The van der Waals surface area contributed by atoms with Gasteiger partial charge in [-0.2, -0.15) is 0 Å². The maximum absolute atomic E-state index is 3.28. The van der Waals surface area contributed by atoms with Crippen molar-refractivity contribution in [3.63, 3.8) is 0 Å². The van der Waals surface area contributed by atoms with Crippen molar-refractivity contribution < 1.29 is 0 Å². The summed E-state index contributed by atoms with van der Waals surface area (Å²) in [6, 6.07) is 8.62. The van der Waals surface area contributed by atoms with Crippen LogP contribution in [0.25, 0.3) is 11.0 Å². The summed E-state index contributed by atoms with van der Waals surface area (Å²) in [6.45, 7) is 4.24. The number of nitrogens with one attached hydrogen (secondary N) is 1. The average molecular weight is 189 g/mol. The van der Waals surface area contributed by atoms with Crippen molar-refractivity contribution in [2.45, 2.75) is 13.8 Å². The number of aromatic amines is 1. The van der Waals surface area contributed by atoms with Crippen LogP contribution in [0.5, 0.6) is 0 Å². The monoisotopic (exact) mass is 189 g/mol. The molecule has 0 saturated carbocycles. The first-order valence-electron chi connectivity index (χ1n) is 4.35. The summed E-state index contributed by atoms with van der Waals surface area (Å²) < 4.78 is 0. The standard InChI is InChI=1S/C11H12NP/c1-8-3-5-10(6-4-8)11-12-7-9(2)13-11/h3-7,12H,1-2H3. The van der Waals surface area contributed by atoms with Gasteiger partial charge < -0.3 is 4.98 Å². The van der Waals surface area contributed by atoms with Gasteiger partial charge in [0, 0.05) is 11.8 Å². The molecular weight excluding hydrogens is 177 g/mol. The van der Waals surface area contributed by atoms with E-state index in [0.717, 1.165) is 0 Å². The summed E-state index contributed by atoms with van der Waals surface area (Å²) in [5.41, 5.74) is 3.89. The van der Waals surface area contributed by atoms with Gasteiger partial charge in [0.2, 0.25) is 0 Å². The topological polar surface area (TPSA) is 15.8 Å². The van der Waals surface area contributed by atoms with Crippen molar-refractivity contribution >= 4 is 8.19 Å². The Labute approximate surface area is 79.9 Å². The first-order valence-corrected chi connectivity index (χ1v) is 5.24. The minimum atomic E-state index is 1.29. The van der Waals surface area contributed by atoms with E-state index in [4.69, 9.17) is 0 Å². The minimum absolute atomic E-state index is 1.29. The van der Waals surface area contributed by atoms with Crippen LogP contribution in [0.2, 0.25) is 0 Å². The zero-order valence-corrected chi connectivity index (χ0v) is 8.73. The van der Waals surface area contributed by atoms with Crippen molar-refractivity contribution in [2.24, 2.45) is 0 Å². The number of benzene rings is 1. The predicted octanol–water partition coefficient (Wildman–Crippen LogP) is 3.88. The van der Waals surface area contributed by atoms with Crippen molar-refractivity contribution in [3.8, 4) is 11.0 Å². The fraction of sp³-hybridized carbons (Fsp3) is 0.182. The van der Waals surface area contributed by atoms with Crippen molar-refractivity contribution in [1.82, 2.24) is 4.98 Å². The second kappa shape index (κ2) is 3.35. The van der Waals surface area contributed by atoms with Gasteiger partial charge in [0.25, 0.3) is 0 Å². The molecule has 13 heavy (non-hydrogen) atoms. The summed E-state index contributed by atoms with van der Waals surface area (Å²) in [4.78, 5) is 3.28. The third-order valence-corrected chi connectivity index (χ3v) is 3.12. The van der Waals surface area contributed by atoms with Crippen LogP contribution in [0, 0.1) is 13.8 Å². The summed E-state index contributed by atoms with van der Waals surface area (Å²) >= 11 is 0. The van der Waals surface area contributed by atoms with Crippen LogP contribution in [0.1, 0.15) is 10.9 Å². The van der Waals surface area contributed by atoms with Crippen LogP contribution in [0.4, 0.5) is 0 Å². The lowest BCUT2D eigenvalue weighted by molar-refractivity contribution is 1.37. The molecule has 1 aromatic heterocycles. The fourth-order valence-corrected chi connectivity index (χ4v) is 2.16. The molecule has 0 unspecified atom stereocenters. The van der Waals surface area contributed by atoms with Gasteiger partial charge >= 0.3 is 0 Å². The molecule has 0 atom stereocenters. The van der Waals surface area contributed by atoms with Gasteiger partial charge in [-0.1, -0.05) is 29.8 Å². The normalized spacial score (nSPS) is 10.9. The minimum Gasteiger partial charge on any atom is -0.357 e. The molecule has 0 aliphatic rings. The van der Waals surface area contributed by atoms with Crippen LogP contribution in [0.15, 0.2) is 30.5 Å². The van der Waals surface area contributed by atoms with Crippen LogP contribution >= 0.6 is 8.19 Å². The van der Waals surface area contributed by atoms with E-state index < -0.39 is 0 Å². The molecule has 0 amide bonds. The number of H-pyrrole nitrogens is 1. The molecule has 0 saturated heterocycles. The van der Waals surface area contributed by atoms with Gasteiger partial charge in [0.05, 0.1) is 5.43 Å². The van der Waals surface area contributed by atoms with E-state index in [1.165, 1.54) is 30.0 Å². The van der Waals surface area contributed by atoms with Gasteiger partial charge in [-0.25, -0.2) is 0 Å². The van der Waals surface area contributed by atoms with Gasteiger partial charge in [0.1, 0.15) is 0 Å². The number of rotatable bonds is 1. The van der Waals surface area contributed by atoms with E-state index >= 15 is 0 Å². The summed E-state index contributed by atoms with van der Waals surface area (Å²) in [5, 5.41) is 1.37. The molecule has 1 N–H and O–H groups in total. The van der Waals surface area contributed by atoms with E-state index in [1.807, 2.05) is 0 Å². The van der Waals surface area contributed by atoms with Gasteiger partial charge in [-0.3, -0.25) is 0 Å². The van der Waals surface area contributed by atoms with Crippen LogP contribution in [0.3, 0.4) is 0 Å². The summed E-state index contributed by atoms with van der Waals surface area (Å²) in [7, 11) is 1.30. The molecule has 2 aromatic rings. The smallest absolute Gasteiger partial charge is 0.0732 e. The SMILES string of the molecule is Cc1ccc(-c2[nH]cc(C)p2)cc1. The highest BCUT2D eigenvalue weighted by atomic mass is 31.0. The number of hydrogen-bond acceptors (Lipinski definition) is 0. The van der Waals surface area contributed by atoms with E-state index in [2.05, 4.69) is 49.3 Å². The molecule has 2 heteroatoms. The Hall–Kier alpha value is -1.07. The fourth-order valence-electron chi connectivity index (χ4n) is 1.27. The van der Waals surface area contributed by atoms with Crippen LogP contribution in [-0.4, -0.2) is 4.98 Å². The first kappa shape index (κ1) is 8.52. The van der Waals surface area contributed by atoms with Gasteiger partial charge in [-0.15, -0.1) is 0 Å². The molecule has 1 aromatic carbocycles. The highest BCUT2D eigenvalue weighted by molar-refractivity contribution is 7.34. The highest BCUT2D eigenvalue weighted by Gasteiger charge is 1.98. The molecule has 0 aliphatic carbocycles. The first-order chi connectivity index (χ1) is 6.25. The molecule has 0 aliphatic heterocycles. The molecule has 1 nitrogen and oxygen atoms in total. The van der Waals surface area contributed by atoms with Gasteiger partial charge in [-0.05, 0) is 27.3 Å². The molecule has 1 heterocycles. The largest absolute Gasteiger partial charge is 0.357 e. The molecule has 0 bridgehead atoms. The van der Waals surface area contributed by atoms with Crippen molar-refractivity contribution in [3.05, 3.63) is 41.3 Å². The average Bonchev–Trinajstić information content (AvgIpc) is 2.53. The van der Waals surface area contributed by atoms with Gasteiger partial charge in [0.15, 0.2) is 0 Å². The summed E-state index contributed by atoms with van der Waals surface area (Å²) in [5.74, 6) is 0. The third kappa shape index (κ3) is 1.81. The zero-order chi connectivity index (χ0) is 9.26. The Bertz CT molecular complexity index is 400. The quantitative estimate of drug-likeness (QED) is 0.700. The lowest BCUT2D eigenvalue weighted by Crippen LogP contribution is -1.75. The predicted molar refractivity (Wildman–Crippen MR) is 58.2 cm³/mol. The van der Waals surface area contributed by atoms with E-state index in [1.54, 1.807) is 0 Å². The Kier molecular flexibility index (Phi) is 2.20.